The molecule has 0 amide bonds. The molecular weight excluding hydrogens is 242 g/mol. The number of hydrogen-bond acceptors (Lipinski definition) is 4. The zero-order chi connectivity index (χ0) is 13.0. The predicted octanol–water partition coefficient (Wildman–Crippen LogP) is 2.51. The van der Waals surface area contributed by atoms with Gasteiger partial charge in [-0.15, -0.1) is 11.3 Å². The topological polar surface area (TPSA) is 42.2 Å². The minimum atomic E-state index is 0.686. The minimum Gasteiger partial charge on any atom is -0.329 e. The van der Waals surface area contributed by atoms with E-state index in [1.807, 2.05) is 0 Å². The number of hydrogen-bond donors (Lipinski definition) is 1. The van der Waals surface area contributed by atoms with Gasteiger partial charge in [-0.05, 0) is 14.0 Å². The van der Waals surface area contributed by atoms with Gasteiger partial charge in [-0.1, -0.05) is 29.8 Å². The molecule has 0 radical (unpaired) electrons. The van der Waals surface area contributed by atoms with Crippen LogP contribution in [0.1, 0.15) is 11.3 Å². The summed E-state index contributed by atoms with van der Waals surface area (Å²) < 4.78 is 0. The zero-order valence-corrected chi connectivity index (χ0v) is 11.7. The fourth-order valence-electron chi connectivity index (χ4n) is 1.78. The van der Waals surface area contributed by atoms with Crippen molar-refractivity contribution in [3.8, 4) is 10.6 Å². The lowest BCUT2D eigenvalue weighted by molar-refractivity contribution is 0.333. The molecule has 2 rings (SSSR count). The summed E-state index contributed by atoms with van der Waals surface area (Å²) in [5.41, 5.74) is 9.12. The number of aromatic nitrogens is 1. The van der Waals surface area contributed by atoms with E-state index < -0.39 is 0 Å². The van der Waals surface area contributed by atoms with Crippen molar-refractivity contribution in [1.82, 2.24) is 9.88 Å². The van der Waals surface area contributed by atoms with Crippen LogP contribution in [0.5, 0.6) is 0 Å². The summed E-state index contributed by atoms with van der Waals surface area (Å²) in [6.07, 6.45) is 0. The second kappa shape index (κ2) is 6.09. The van der Waals surface area contributed by atoms with E-state index in [-0.39, 0.29) is 0 Å². The zero-order valence-electron chi connectivity index (χ0n) is 10.9. The van der Waals surface area contributed by atoms with E-state index in [0.29, 0.717) is 6.54 Å². The molecule has 0 fully saturated rings. The van der Waals surface area contributed by atoms with E-state index in [2.05, 4.69) is 53.5 Å². The number of aryl methyl sites for hydroxylation is 1. The van der Waals surface area contributed by atoms with Crippen LogP contribution < -0.4 is 5.73 Å². The number of benzene rings is 1. The molecule has 1 heterocycles. The molecule has 2 aromatic rings. The van der Waals surface area contributed by atoms with Crippen molar-refractivity contribution in [3.63, 3.8) is 0 Å². The fraction of sp³-hybridized carbons (Fsp3) is 0.357. The molecule has 3 nitrogen and oxygen atoms in total. The third kappa shape index (κ3) is 3.38. The summed E-state index contributed by atoms with van der Waals surface area (Å²) in [5, 5.41) is 3.22. The number of nitrogens with two attached hydrogens (primary N) is 1. The lowest BCUT2D eigenvalue weighted by atomic mass is 10.2. The van der Waals surface area contributed by atoms with Gasteiger partial charge in [-0.3, -0.25) is 4.90 Å². The number of thiazole rings is 1. The van der Waals surface area contributed by atoms with E-state index >= 15 is 0 Å². The van der Waals surface area contributed by atoms with Gasteiger partial charge in [0.25, 0.3) is 0 Å². The first-order valence-corrected chi connectivity index (χ1v) is 6.97. The van der Waals surface area contributed by atoms with Gasteiger partial charge in [0.1, 0.15) is 5.01 Å². The Morgan fingerprint density at radius 2 is 2.00 bits per heavy atom. The van der Waals surface area contributed by atoms with Crippen LogP contribution in [-0.2, 0) is 6.54 Å². The van der Waals surface area contributed by atoms with Gasteiger partial charge in [0, 0.05) is 30.6 Å². The highest BCUT2D eigenvalue weighted by Gasteiger charge is 2.06. The van der Waals surface area contributed by atoms with Crippen molar-refractivity contribution in [2.75, 3.05) is 20.1 Å². The van der Waals surface area contributed by atoms with Crippen molar-refractivity contribution in [2.24, 2.45) is 5.73 Å². The van der Waals surface area contributed by atoms with E-state index in [0.717, 1.165) is 23.8 Å². The Morgan fingerprint density at radius 3 is 2.67 bits per heavy atom. The Bertz CT molecular complexity index is 490. The van der Waals surface area contributed by atoms with Crippen LogP contribution in [0.2, 0.25) is 0 Å². The van der Waals surface area contributed by atoms with Crippen molar-refractivity contribution in [3.05, 3.63) is 40.9 Å². The van der Waals surface area contributed by atoms with Crippen LogP contribution in [0.15, 0.2) is 29.6 Å². The summed E-state index contributed by atoms with van der Waals surface area (Å²) in [4.78, 5) is 6.86. The van der Waals surface area contributed by atoms with Crippen LogP contribution in [0.3, 0.4) is 0 Å². The molecule has 0 atom stereocenters. The third-order valence-corrected chi connectivity index (χ3v) is 3.73. The quantitative estimate of drug-likeness (QED) is 0.899. The van der Waals surface area contributed by atoms with E-state index in [9.17, 15) is 0 Å². The molecule has 2 N–H and O–H groups in total. The van der Waals surface area contributed by atoms with Crippen LogP contribution >= 0.6 is 11.3 Å². The van der Waals surface area contributed by atoms with Gasteiger partial charge in [0.2, 0.25) is 0 Å². The van der Waals surface area contributed by atoms with Crippen molar-refractivity contribution in [2.45, 2.75) is 13.5 Å². The van der Waals surface area contributed by atoms with E-state index in [1.54, 1.807) is 11.3 Å². The molecular formula is C14H19N3S. The highest BCUT2D eigenvalue weighted by molar-refractivity contribution is 7.13. The van der Waals surface area contributed by atoms with Gasteiger partial charge in [0.15, 0.2) is 0 Å². The molecule has 96 valence electrons. The van der Waals surface area contributed by atoms with Crippen molar-refractivity contribution < 1.29 is 0 Å². The summed E-state index contributed by atoms with van der Waals surface area (Å²) in [7, 11) is 2.07. The third-order valence-electron chi connectivity index (χ3n) is 2.79. The maximum absolute atomic E-state index is 5.53. The van der Waals surface area contributed by atoms with Gasteiger partial charge in [-0.2, -0.15) is 0 Å². The van der Waals surface area contributed by atoms with E-state index in [1.165, 1.54) is 11.1 Å². The molecule has 0 aliphatic heterocycles. The maximum atomic E-state index is 5.53. The normalized spacial score (nSPS) is 11.1. The highest BCUT2D eigenvalue weighted by Crippen LogP contribution is 2.24. The summed E-state index contributed by atoms with van der Waals surface area (Å²) >= 11 is 1.70. The van der Waals surface area contributed by atoms with E-state index in [4.69, 9.17) is 5.73 Å². The Hall–Kier alpha value is -1.23. The standard InChI is InChI=1S/C14H19N3S/c1-11-3-5-12(6-4-11)14-16-13(10-18-14)9-17(2)8-7-15/h3-6,10H,7-9,15H2,1-2H3. The molecule has 1 aromatic heterocycles. The Balaban J connectivity index is 2.08. The molecule has 0 aliphatic carbocycles. The first-order chi connectivity index (χ1) is 8.69. The second-order valence-electron chi connectivity index (χ2n) is 4.54. The lowest BCUT2D eigenvalue weighted by Crippen LogP contribution is -2.25. The second-order valence-corrected chi connectivity index (χ2v) is 5.39. The SMILES string of the molecule is Cc1ccc(-c2nc(CN(C)CCN)cs2)cc1. The lowest BCUT2D eigenvalue weighted by Gasteiger charge is -2.12. The minimum absolute atomic E-state index is 0.686. The van der Waals surface area contributed by atoms with Crippen LogP contribution in [0.25, 0.3) is 10.6 Å². The van der Waals surface area contributed by atoms with Gasteiger partial charge in [-0.25, -0.2) is 4.98 Å². The molecule has 0 spiro atoms. The maximum Gasteiger partial charge on any atom is 0.123 e. The molecule has 1 aromatic carbocycles. The molecule has 0 saturated heterocycles. The largest absolute Gasteiger partial charge is 0.329 e. The summed E-state index contributed by atoms with van der Waals surface area (Å²) in [6.45, 7) is 4.54. The number of likely N-dealkylation sites (N-methyl/N-ethyl adjacent to an activating group) is 1. The van der Waals surface area contributed by atoms with Crippen LogP contribution in [0, 0.1) is 6.92 Å². The molecule has 4 heteroatoms. The Morgan fingerprint density at radius 1 is 1.28 bits per heavy atom. The average molecular weight is 261 g/mol. The van der Waals surface area contributed by atoms with Gasteiger partial charge < -0.3 is 5.73 Å². The average Bonchev–Trinajstić information content (AvgIpc) is 2.78. The van der Waals surface area contributed by atoms with Crippen molar-refractivity contribution in [1.29, 1.82) is 0 Å². The predicted molar refractivity (Wildman–Crippen MR) is 77.7 cm³/mol. The first kappa shape index (κ1) is 13.2. The van der Waals surface area contributed by atoms with Crippen molar-refractivity contribution >= 4 is 11.3 Å². The highest BCUT2D eigenvalue weighted by atomic mass is 32.1. The molecule has 0 bridgehead atoms. The summed E-state index contributed by atoms with van der Waals surface area (Å²) in [6, 6.07) is 8.50. The van der Waals surface area contributed by atoms with Gasteiger partial charge >= 0.3 is 0 Å². The van der Waals surface area contributed by atoms with Crippen LogP contribution in [0.4, 0.5) is 0 Å². The molecule has 0 saturated carbocycles. The number of rotatable bonds is 5. The summed E-state index contributed by atoms with van der Waals surface area (Å²) in [5.74, 6) is 0. The first-order valence-electron chi connectivity index (χ1n) is 6.09. The monoisotopic (exact) mass is 261 g/mol. The van der Waals surface area contributed by atoms with Gasteiger partial charge in [0.05, 0.1) is 5.69 Å². The van der Waals surface area contributed by atoms with Crippen LogP contribution in [-0.4, -0.2) is 30.0 Å². The molecule has 18 heavy (non-hydrogen) atoms. The fourth-order valence-corrected chi connectivity index (χ4v) is 2.60. The molecule has 0 aliphatic rings. The Kier molecular flexibility index (Phi) is 4.47. The Labute approximate surface area is 112 Å². The smallest absolute Gasteiger partial charge is 0.123 e. The number of nitrogens with zero attached hydrogens (tertiary/aromatic N) is 2. The molecule has 0 unspecified atom stereocenters.